The molecule has 0 radical (unpaired) electrons. The minimum Gasteiger partial charge on any atom is -0.371 e. The molecule has 1 aromatic rings. The van der Waals surface area contributed by atoms with Gasteiger partial charge in [0.25, 0.3) is 5.91 Å². The Balaban J connectivity index is 1.25. The number of likely N-dealkylation sites (tertiary alicyclic amines) is 1. The fourth-order valence-electron chi connectivity index (χ4n) is 3.85. The lowest BCUT2D eigenvalue weighted by molar-refractivity contribution is -0.122. The molecule has 6 nitrogen and oxygen atoms in total. The van der Waals surface area contributed by atoms with Crippen molar-refractivity contribution in [1.29, 1.82) is 0 Å². The van der Waals surface area contributed by atoms with Crippen molar-refractivity contribution in [2.24, 2.45) is 11.8 Å². The van der Waals surface area contributed by atoms with Crippen LogP contribution in [0.15, 0.2) is 18.5 Å². The molecule has 3 heterocycles. The first-order valence-electron chi connectivity index (χ1n) is 9.15. The molecule has 0 bridgehead atoms. The van der Waals surface area contributed by atoms with Crippen molar-refractivity contribution in [1.82, 2.24) is 15.2 Å². The number of rotatable bonds is 5. The van der Waals surface area contributed by atoms with Gasteiger partial charge in [-0.05, 0) is 49.7 Å². The molecule has 1 atom stereocenters. The number of aryl methyl sites for hydroxylation is 1. The number of carbonyl (C=O) groups is 2. The van der Waals surface area contributed by atoms with E-state index < -0.39 is 0 Å². The van der Waals surface area contributed by atoms with E-state index >= 15 is 0 Å². The van der Waals surface area contributed by atoms with E-state index in [1.165, 1.54) is 12.8 Å². The van der Waals surface area contributed by atoms with Gasteiger partial charge in [-0.3, -0.25) is 14.6 Å². The predicted molar refractivity (Wildman–Crippen MR) is 92.0 cm³/mol. The van der Waals surface area contributed by atoms with Crippen LogP contribution in [-0.4, -0.2) is 53.5 Å². The molecule has 2 amide bonds. The van der Waals surface area contributed by atoms with E-state index in [9.17, 15) is 9.59 Å². The van der Waals surface area contributed by atoms with Crippen LogP contribution in [0.5, 0.6) is 0 Å². The molecule has 1 spiro atoms. The standard InChI is InChI=1S/C19H25N3O3/c1-13-4-16(9-20-7-13)18(24)22-11-19(12-22)6-15(10-25-19)5-17(23)21-8-14-2-3-14/h4,7,9,14-15H,2-3,5-6,8,10-12H2,1H3,(H,21,23). The normalized spacial score (nSPS) is 24.2. The predicted octanol–water partition coefficient (Wildman–Crippen LogP) is 1.54. The highest BCUT2D eigenvalue weighted by Crippen LogP contribution is 2.39. The average molecular weight is 343 g/mol. The van der Waals surface area contributed by atoms with Gasteiger partial charge in [0.1, 0.15) is 5.60 Å². The van der Waals surface area contributed by atoms with Crippen molar-refractivity contribution in [2.45, 2.75) is 38.2 Å². The third-order valence-electron chi connectivity index (χ3n) is 5.41. The van der Waals surface area contributed by atoms with Crippen LogP contribution >= 0.6 is 0 Å². The third kappa shape index (κ3) is 3.68. The van der Waals surface area contributed by atoms with Crippen molar-refractivity contribution in [3.8, 4) is 0 Å². The van der Waals surface area contributed by atoms with Gasteiger partial charge in [-0.2, -0.15) is 0 Å². The minimum atomic E-state index is -0.242. The van der Waals surface area contributed by atoms with Crippen molar-refractivity contribution >= 4 is 11.8 Å². The van der Waals surface area contributed by atoms with E-state index in [-0.39, 0.29) is 23.3 Å². The molecular formula is C19H25N3O3. The number of amides is 2. The Morgan fingerprint density at radius 3 is 2.84 bits per heavy atom. The fraction of sp³-hybridized carbons (Fsp3) is 0.632. The highest BCUT2D eigenvalue weighted by atomic mass is 16.5. The van der Waals surface area contributed by atoms with Gasteiger partial charge in [0.2, 0.25) is 5.91 Å². The average Bonchev–Trinajstić information content (AvgIpc) is 3.30. The summed E-state index contributed by atoms with van der Waals surface area (Å²) in [6.07, 6.45) is 7.24. The summed E-state index contributed by atoms with van der Waals surface area (Å²) in [6, 6.07) is 1.86. The summed E-state index contributed by atoms with van der Waals surface area (Å²) >= 11 is 0. The summed E-state index contributed by atoms with van der Waals surface area (Å²) in [5.74, 6) is 1.11. The number of carbonyl (C=O) groups excluding carboxylic acids is 2. The van der Waals surface area contributed by atoms with Gasteiger partial charge in [0, 0.05) is 25.4 Å². The molecule has 3 fully saturated rings. The van der Waals surface area contributed by atoms with Crippen LogP contribution in [-0.2, 0) is 9.53 Å². The Morgan fingerprint density at radius 1 is 1.32 bits per heavy atom. The Labute approximate surface area is 147 Å². The van der Waals surface area contributed by atoms with Crippen molar-refractivity contribution < 1.29 is 14.3 Å². The van der Waals surface area contributed by atoms with Crippen molar-refractivity contribution in [3.63, 3.8) is 0 Å². The maximum absolute atomic E-state index is 12.5. The molecular weight excluding hydrogens is 318 g/mol. The maximum Gasteiger partial charge on any atom is 0.255 e. The lowest BCUT2D eigenvalue weighted by Gasteiger charge is -2.47. The number of nitrogens with zero attached hydrogens (tertiary/aromatic N) is 2. The van der Waals surface area contributed by atoms with Crippen LogP contribution in [0.25, 0.3) is 0 Å². The van der Waals surface area contributed by atoms with Gasteiger partial charge >= 0.3 is 0 Å². The quantitative estimate of drug-likeness (QED) is 0.880. The van der Waals surface area contributed by atoms with E-state index in [1.54, 1.807) is 12.4 Å². The molecule has 4 rings (SSSR count). The highest BCUT2D eigenvalue weighted by molar-refractivity contribution is 5.94. The van der Waals surface area contributed by atoms with Gasteiger partial charge in [0.15, 0.2) is 0 Å². The zero-order chi connectivity index (χ0) is 17.4. The monoisotopic (exact) mass is 343 g/mol. The third-order valence-corrected chi connectivity index (χ3v) is 5.41. The van der Waals surface area contributed by atoms with E-state index in [0.717, 1.165) is 18.5 Å². The zero-order valence-electron chi connectivity index (χ0n) is 14.7. The molecule has 1 N–H and O–H groups in total. The maximum atomic E-state index is 12.5. The number of hydrogen-bond acceptors (Lipinski definition) is 4. The first-order valence-corrected chi connectivity index (χ1v) is 9.15. The van der Waals surface area contributed by atoms with Gasteiger partial charge in [-0.1, -0.05) is 0 Å². The fourth-order valence-corrected chi connectivity index (χ4v) is 3.85. The second kappa shape index (κ2) is 6.41. The van der Waals surface area contributed by atoms with Crippen molar-refractivity contribution in [2.75, 3.05) is 26.2 Å². The highest BCUT2D eigenvalue weighted by Gasteiger charge is 2.51. The summed E-state index contributed by atoms with van der Waals surface area (Å²) in [5.41, 5.74) is 1.37. The molecule has 0 aromatic carbocycles. The Bertz CT molecular complexity index is 680. The molecule has 3 aliphatic rings. The molecule has 2 aliphatic heterocycles. The van der Waals surface area contributed by atoms with Gasteiger partial charge in [0.05, 0.1) is 25.3 Å². The second-order valence-electron chi connectivity index (χ2n) is 7.93. The largest absolute Gasteiger partial charge is 0.371 e. The molecule has 1 saturated carbocycles. The zero-order valence-corrected chi connectivity index (χ0v) is 14.7. The molecule has 1 aromatic heterocycles. The Hall–Kier alpha value is -1.95. The van der Waals surface area contributed by atoms with Crippen LogP contribution in [0.4, 0.5) is 0 Å². The number of nitrogens with one attached hydrogen (secondary N) is 1. The van der Waals surface area contributed by atoms with Gasteiger partial charge in [-0.25, -0.2) is 0 Å². The smallest absolute Gasteiger partial charge is 0.255 e. The summed E-state index contributed by atoms with van der Waals surface area (Å²) in [4.78, 5) is 30.4. The van der Waals surface area contributed by atoms with Crippen LogP contribution in [0.1, 0.15) is 41.6 Å². The first kappa shape index (κ1) is 16.5. The van der Waals surface area contributed by atoms with E-state index in [1.807, 2.05) is 17.9 Å². The van der Waals surface area contributed by atoms with Crippen LogP contribution in [0, 0.1) is 18.8 Å². The van der Waals surface area contributed by atoms with E-state index in [2.05, 4.69) is 10.3 Å². The Morgan fingerprint density at radius 2 is 2.12 bits per heavy atom. The van der Waals surface area contributed by atoms with Crippen LogP contribution < -0.4 is 5.32 Å². The molecule has 134 valence electrons. The van der Waals surface area contributed by atoms with Gasteiger partial charge in [-0.15, -0.1) is 0 Å². The number of ether oxygens (including phenoxy) is 1. The summed E-state index contributed by atoms with van der Waals surface area (Å²) < 4.78 is 5.98. The second-order valence-corrected chi connectivity index (χ2v) is 7.93. The molecule has 1 unspecified atom stereocenters. The first-order chi connectivity index (χ1) is 12.0. The van der Waals surface area contributed by atoms with Crippen LogP contribution in [0.3, 0.4) is 0 Å². The van der Waals surface area contributed by atoms with Crippen molar-refractivity contribution in [3.05, 3.63) is 29.6 Å². The van der Waals surface area contributed by atoms with Gasteiger partial charge < -0.3 is 15.0 Å². The summed E-state index contributed by atoms with van der Waals surface area (Å²) in [7, 11) is 0. The molecule has 2 saturated heterocycles. The van der Waals surface area contributed by atoms with E-state index in [4.69, 9.17) is 4.74 Å². The molecule has 1 aliphatic carbocycles. The van der Waals surface area contributed by atoms with Crippen LogP contribution in [0.2, 0.25) is 0 Å². The Kier molecular flexibility index (Phi) is 4.23. The molecule has 6 heteroatoms. The van der Waals surface area contributed by atoms with E-state index in [0.29, 0.717) is 37.6 Å². The topological polar surface area (TPSA) is 71.5 Å². The SMILES string of the molecule is Cc1cncc(C(=O)N2CC3(CC(CC(=O)NCC4CC4)CO3)C2)c1. The molecule has 25 heavy (non-hydrogen) atoms. The minimum absolute atomic E-state index is 0.0102. The lowest BCUT2D eigenvalue weighted by atomic mass is 9.85. The summed E-state index contributed by atoms with van der Waals surface area (Å²) in [6.45, 7) is 4.59. The lowest BCUT2D eigenvalue weighted by Crippen LogP contribution is -2.63. The number of hydrogen-bond donors (Lipinski definition) is 1. The summed E-state index contributed by atoms with van der Waals surface area (Å²) in [5, 5.41) is 3.02. The number of pyridine rings is 1. The number of aromatic nitrogens is 1.